The van der Waals surface area contributed by atoms with E-state index in [-0.39, 0.29) is 30.6 Å². The number of halogens is 6. The van der Waals surface area contributed by atoms with Gasteiger partial charge in [0, 0.05) is 48.2 Å². The van der Waals surface area contributed by atoms with Crippen LogP contribution in [0.2, 0.25) is 0 Å². The summed E-state index contributed by atoms with van der Waals surface area (Å²) in [5, 5.41) is 9.57. The van der Waals surface area contributed by atoms with Gasteiger partial charge >= 0.3 is 12.4 Å². The minimum absolute atomic E-state index is 0.0521. The Morgan fingerprint density at radius 1 is 1.06 bits per heavy atom. The average Bonchev–Trinajstić information content (AvgIpc) is 2.76. The van der Waals surface area contributed by atoms with Crippen LogP contribution in [0.3, 0.4) is 0 Å². The van der Waals surface area contributed by atoms with Crippen molar-refractivity contribution in [1.82, 2.24) is 4.31 Å². The van der Waals surface area contributed by atoms with E-state index < -0.39 is 33.5 Å². The average molecular weight is 529 g/mol. The molecule has 0 bridgehead atoms. The van der Waals surface area contributed by atoms with E-state index in [1.165, 1.54) is 10.4 Å². The maximum Gasteiger partial charge on any atom is 0.430 e. The van der Waals surface area contributed by atoms with Crippen LogP contribution in [0.25, 0.3) is 0 Å². The van der Waals surface area contributed by atoms with Gasteiger partial charge in [0.05, 0.1) is 4.91 Å². The lowest BCUT2D eigenvalue weighted by Gasteiger charge is -2.42. The number of anilines is 1. The van der Waals surface area contributed by atoms with Gasteiger partial charge < -0.3 is 10.0 Å². The molecule has 0 saturated carbocycles. The van der Waals surface area contributed by atoms with Gasteiger partial charge in [0.1, 0.15) is 0 Å². The van der Waals surface area contributed by atoms with Crippen LogP contribution >= 0.6 is 12.2 Å². The summed E-state index contributed by atoms with van der Waals surface area (Å²) in [5.41, 5.74) is -6.04. The number of rotatable bonds is 5. The zero-order valence-corrected chi connectivity index (χ0v) is 19.5. The van der Waals surface area contributed by atoms with E-state index in [1.807, 2.05) is 0 Å². The molecule has 34 heavy (non-hydrogen) atoms. The Morgan fingerprint density at radius 2 is 1.65 bits per heavy atom. The van der Waals surface area contributed by atoms with Crippen LogP contribution in [0, 0.1) is 0 Å². The SMILES string of the molecule is CC[C@H]1CN(S(=O)(=O)C2=CC=CCC2=S)CCN1c1ccc(C(O)(C(F)(F)F)C(F)(F)F)cc1. The highest BCUT2D eigenvalue weighted by molar-refractivity contribution is 7.96. The van der Waals surface area contributed by atoms with E-state index in [9.17, 15) is 39.9 Å². The highest BCUT2D eigenvalue weighted by atomic mass is 32.2. The first-order valence-electron chi connectivity index (χ1n) is 10.3. The van der Waals surface area contributed by atoms with Gasteiger partial charge in [-0.3, -0.25) is 0 Å². The second-order valence-corrected chi connectivity index (χ2v) is 10.4. The fraction of sp³-hybridized carbons (Fsp3) is 0.476. The molecule has 1 aromatic rings. The molecule has 0 unspecified atom stereocenters. The Labute approximate surface area is 198 Å². The lowest BCUT2D eigenvalue weighted by molar-refractivity contribution is -0.376. The molecule has 2 aliphatic rings. The quantitative estimate of drug-likeness (QED) is 0.452. The highest BCUT2D eigenvalue weighted by Gasteiger charge is 2.71. The van der Waals surface area contributed by atoms with Crippen molar-refractivity contribution in [3.63, 3.8) is 0 Å². The molecule has 1 N–H and O–H groups in total. The predicted molar refractivity (Wildman–Crippen MR) is 119 cm³/mol. The van der Waals surface area contributed by atoms with Crippen LogP contribution in [0.1, 0.15) is 25.3 Å². The second kappa shape index (κ2) is 9.25. The molecule has 188 valence electrons. The number of alkyl halides is 6. The molecule has 1 aliphatic heterocycles. The number of piperazine rings is 1. The predicted octanol–water partition coefficient (Wildman–Crippen LogP) is 4.44. The fourth-order valence-electron chi connectivity index (χ4n) is 4.01. The van der Waals surface area contributed by atoms with E-state index >= 15 is 0 Å². The van der Waals surface area contributed by atoms with Crippen molar-refractivity contribution >= 4 is 32.8 Å². The summed E-state index contributed by atoms with van der Waals surface area (Å²) in [6, 6.07) is 2.92. The molecule has 0 spiro atoms. The molecule has 0 aromatic heterocycles. The van der Waals surface area contributed by atoms with Crippen LogP contribution in [0.4, 0.5) is 32.0 Å². The van der Waals surface area contributed by atoms with Gasteiger partial charge in [-0.05, 0) is 24.6 Å². The molecule has 1 aromatic carbocycles. The first kappa shape index (κ1) is 26.6. The van der Waals surface area contributed by atoms with Gasteiger partial charge in [-0.25, -0.2) is 8.42 Å². The topological polar surface area (TPSA) is 60.9 Å². The molecule has 1 atom stereocenters. The molecule has 0 radical (unpaired) electrons. The van der Waals surface area contributed by atoms with Crippen molar-refractivity contribution in [1.29, 1.82) is 0 Å². The second-order valence-electron chi connectivity index (χ2n) is 7.96. The zero-order valence-electron chi connectivity index (χ0n) is 17.9. The van der Waals surface area contributed by atoms with Gasteiger partial charge in [-0.15, -0.1) is 0 Å². The third-order valence-corrected chi connectivity index (χ3v) is 8.40. The number of thiocarbonyl (C=S) groups is 1. The summed E-state index contributed by atoms with van der Waals surface area (Å²) >= 11 is 5.18. The van der Waals surface area contributed by atoms with E-state index in [0.717, 1.165) is 12.1 Å². The van der Waals surface area contributed by atoms with Crippen LogP contribution in [-0.2, 0) is 15.6 Å². The summed E-state index contributed by atoms with van der Waals surface area (Å²) in [6.45, 7) is 2.08. The van der Waals surface area contributed by atoms with Crippen molar-refractivity contribution in [2.24, 2.45) is 0 Å². The van der Waals surface area contributed by atoms with Crippen LogP contribution in [0.5, 0.6) is 0 Å². The first-order chi connectivity index (χ1) is 15.6. The van der Waals surface area contributed by atoms with E-state index in [2.05, 4.69) is 0 Å². The van der Waals surface area contributed by atoms with E-state index in [0.29, 0.717) is 35.5 Å². The highest BCUT2D eigenvalue weighted by Crippen LogP contribution is 2.50. The Bertz CT molecular complexity index is 1080. The summed E-state index contributed by atoms with van der Waals surface area (Å²) in [5.74, 6) is 0. The minimum Gasteiger partial charge on any atom is -0.369 e. The van der Waals surface area contributed by atoms with E-state index in [4.69, 9.17) is 12.2 Å². The number of nitrogens with zero attached hydrogens (tertiary/aromatic N) is 2. The number of hydrogen-bond acceptors (Lipinski definition) is 5. The molecular weight excluding hydrogens is 506 g/mol. The number of aliphatic hydroxyl groups is 1. The fourth-order valence-corrected chi connectivity index (χ4v) is 6.08. The van der Waals surface area contributed by atoms with Gasteiger partial charge in [0.25, 0.3) is 5.60 Å². The Morgan fingerprint density at radius 3 is 2.15 bits per heavy atom. The summed E-state index contributed by atoms with van der Waals surface area (Å²) < 4.78 is 106. The van der Waals surface area contributed by atoms with Crippen molar-refractivity contribution in [3.8, 4) is 0 Å². The van der Waals surface area contributed by atoms with E-state index in [1.54, 1.807) is 24.0 Å². The van der Waals surface area contributed by atoms with Gasteiger partial charge in [-0.2, -0.15) is 30.6 Å². The largest absolute Gasteiger partial charge is 0.430 e. The lowest BCUT2D eigenvalue weighted by Crippen LogP contribution is -2.55. The zero-order chi connectivity index (χ0) is 25.5. The summed E-state index contributed by atoms with van der Waals surface area (Å²) in [4.78, 5) is 2.08. The number of benzene rings is 1. The summed E-state index contributed by atoms with van der Waals surface area (Å²) in [7, 11) is -3.85. The lowest BCUT2D eigenvalue weighted by atomic mass is 9.92. The van der Waals surface area contributed by atoms with Crippen molar-refractivity contribution < 1.29 is 39.9 Å². The van der Waals surface area contributed by atoms with Gasteiger partial charge in [-0.1, -0.05) is 43.4 Å². The maximum absolute atomic E-state index is 13.1. The molecule has 1 aliphatic carbocycles. The maximum atomic E-state index is 13.1. The summed E-state index contributed by atoms with van der Waals surface area (Å²) in [6.07, 6.45) is -6.34. The van der Waals surface area contributed by atoms with Crippen molar-refractivity contribution in [2.45, 2.75) is 43.8 Å². The monoisotopic (exact) mass is 528 g/mol. The normalized spacial score (nSPS) is 21.1. The van der Waals surface area contributed by atoms with Crippen molar-refractivity contribution in [3.05, 3.63) is 53.0 Å². The van der Waals surface area contributed by atoms with Crippen LogP contribution in [0.15, 0.2) is 47.4 Å². The Hall–Kier alpha value is -1.96. The molecule has 5 nitrogen and oxygen atoms in total. The first-order valence-corrected chi connectivity index (χ1v) is 12.1. The number of hydrogen-bond donors (Lipinski definition) is 1. The third-order valence-electron chi connectivity index (χ3n) is 5.93. The molecule has 0 amide bonds. The Balaban J connectivity index is 1.85. The smallest absolute Gasteiger partial charge is 0.369 e. The van der Waals surface area contributed by atoms with Crippen LogP contribution in [-0.4, -0.2) is 60.7 Å². The third kappa shape index (κ3) is 4.62. The molecule has 1 saturated heterocycles. The van der Waals surface area contributed by atoms with Gasteiger partial charge in [0.15, 0.2) is 0 Å². The molecule has 1 fully saturated rings. The Kier molecular flexibility index (Phi) is 7.25. The molecule has 1 heterocycles. The number of sulfonamides is 1. The van der Waals surface area contributed by atoms with Crippen molar-refractivity contribution in [2.75, 3.05) is 24.5 Å². The van der Waals surface area contributed by atoms with Gasteiger partial charge in [0.2, 0.25) is 10.0 Å². The van der Waals surface area contributed by atoms with Crippen LogP contribution < -0.4 is 4.90 Å². The number of allylic oxidation sites excluding steroid dienone is 4. The molecule has 3 rings (SSSR count). The minimum atomic E-state index is -5.97. The molecular formula is C21H22F6N2O3S2. The molecule has 13 heteroatoms. The standard InChI is InChI=1S/C21H22F6N2O3S2/c1-2-15-13-28(34(31,32)18-6-4-3-5-17(18)33)11-12-29(15)16-9-7-14(8-10-16)19(30,20(22,23)24)21(25,26)27/h3-4,6-10,15,30H,2,5,11-13H2,1H3/t15-/m0/s1.